The van der Waals surface area contributed by atoms with E-state index in [-0.39, 0.29) is 63.4 Å². The summed E-state index contributed by atoms with van der Waals surface area (Å²) in [7, 11) is 15.9. The SMILES string of the molecule is CC(C)(C)OC(=O)NCCCN1CCC(C#N)(Cc2ccccc2)CC1.CN(C)CC(=O)N1CCC(C#N)(Cc2ccccc2)CC1.CN(C)CCCN1CCC(C#N)(Cc2ccccc2)CC1.COC(=O)CN1CCC(C#N)(Cc2ccccc2)CC1.C[N+](C)(C)CCCC(=O)N1CCC(C#N)(CCc2ccccc2)CC1.[Cl-]. The van der Waals surface area contributed by atoms with Gasteiger partial charge in [0.25, 0.3) is 0 Å². The molecule has 3 amide bonds. The lowest BCUT2D eigenvalue weighted by Gasteiger charge is -2.37. The van der Waals surface area contributed by atoms with E-state index in [4.69, 9.17) is 4.74 Å². The number of amides is 3. The minimum absolute atomic E-state index is 0. The first kappa shape index (κ1) is 95.9. The molecule has 5 aromatic rings. The van der Waals surface area contributed by atoms with Crippen LogP contribution in [0.4, 0.5) is 4.79 Å². The van der Waals surface area contributed by atoms with Gasteiger partial charge in [0, 0.05) is 58.7 Å². The summed E-state index contributed by atoms with van der Waals surface area (Å²) in [6, 6.07) is 64.2. The third-order valence-electron chi connectivity index (χ3n) is 22.7. The van der Waals surface area contributed by atoms with E-state index in [0.29, 0.717) is 39.1 Å². The van der Waals surface area contributed by atoms with Crippen molar-refractivity contribution in [1.29, 1.82) is 26.3 Å². The number of halogens is 1. The summed E-state index contributed by atoms with van der Waals surface area (Å²) in [4.78, 5) is 62.3. The smallest absolute Gasteiger partial charge is 0.407 e. The van der Waals surface area contributed by atoms with Gasteiger partial charge in [-0.3, -0.25) is 19.3 Å². The number of nitriles is 5. The van der Waals surface area contributed by atoms with Gasteiger partial charge >= 0.3 is 12.1 Å². The molecular formula is C93H133ClN14O6. The van der Waals surface area contributed by atoms with E-state index in [1.54, 1.807) is 0 Å². The van der Waals surface area contributed by atoms with E-state index >= 15 is 0 Å². The second kappa shape index (κ2) is 48.6. The molecule has 0 aromatic heterocycles. The number of carbonyl (C=O) groups excluding carboxylic acids is 4. The molecule has 10 rings (SSSR count). The first-order chi connectivity index (χ1) is 54.0. The Labute approximate surface area is 690 Å². The van der Waals surface area contributed by atoms with Crippen molar-refractivity contribution in [3.63, 3.8) is 0 Å². The molecule has 5 aliphatic heterocycles. The first-order valence-corrected chi connectivity index (χ1v) is 41.1. The third-order valence-corrected chi connectivity index (χ3v) is 22.7. The van der Waals surface area contributed by atoms with Crippen LogP contribution in [0.5, 0.6) is 0 Å². The van der Waals surface area contributed by atoms with Gasteiger partial charge in [0.05, 0.1) is 105 Å². The lowest BCUT2D eigenvalue weighted by molar-refractivity contribution is -0.870. The molecule has 0 aliphatic carbocycles. The number of hydrogen-bond acceptors (Lipinski definition) is 16. The molecule has 5 aromatic carbocycles. The second-order valence-electron chi connectivity index (χ2n) is 34.7. The van der Waals surface area contributed by atoms with Gasteiger partial charge in [-0.1, -0.05) is 152 Å². The zero-order valence-electron chi connectivity index (χ0n) is 70.7. The van der Waals surface area contributed by atoms with Gasteiger partial charge in [0.15, 0.2) is 0 Å². The lowest BCUT2D eigenvalue weighted by Crippen LogP contribution is -3.00. The maximum atomic E-state index is 12.4. The van der Waals surface area contributed by atoms with Crippen molar-refractivity contribution in [2.45, 2.75) is 155 Å². The number of quaternary nitrogens is 1. The Morgan fingerprint density at radius 3 is 1.12 bits per heavy atom. The molecule has 5 heterocycles. The van der Waals surface area contributed by atoms with Crippen LogP contribution in [0.2, 0.25) is 0 Å². The summed E-state index contributed by atoms with van der Waals surface area (Å²) in [6.07, 6.45) is 16.9. The maximum Gasteiger partial charge on any atom is 0.407 e. The number of likely N-dealkylation sites (N-methyl/N-ethyl adjacent to an activating group) is 1. The highest BCUT2D eigenvalue weighted by Crippen LogP contribution is 2.40. The molecule has 0 bridgehead atoms. The molecule has 0 spiro atoms. The van der Waals surface area contributed by atoms with Crippen molar-refractivity contribution in [3.8, 4) is 30.3 Å². The number of hydrogen-bond donors (Lipinski definition) is 1. The van der Waals surface area contributed by atoms with E-state index in [9.17, 15) is 45.5 Å². The minimum atomic E-state index is -0.462. The fourth-order valence-corrected chi connectivity index (χ4v) is 15.5. The summed E-state index contributed by atoms with van der Waals surface area (Å²) in [5.74, 6) is 0.201. The van der Waals surface area contributed by atoms with Crippen LogP contribution in [-0.4, -0.2) is 236 Å². The minimum Gasteiger partial charge on any atom is -1.00 e. The Hall–Kier alpha value is -8.72. The van der Waals surface area contributed by atoms with Crippen molar-refractivity contribution in [2.75, 3.05) is 168 Å². The van der Waals surface area contributed by atoms with Crippen LogP contribution in [0.3, 0.4) is 0 Å². The summed E-state index contributed by atoms with van der Waals surface area (Å²) in [6.45, 7) is 19.6. The van der Waals surface area contributed by atoms with Crippen molar-refractivity contribution >= 4 is 23.9 Å². The van der Waals surface area contributed by atoms with E-state index in [0.717, 1.165) is 199 Å². The number of carbonyl (C=O) groups is 4. The molecule has 0 unspecified atom stereocenters. The maximum absolute atomic E-state index is 12.4. The Bertz CT molecular complexity index is 3820. The molecule has 5 saturated heterocycles. The molecule has 0 atom stereocenters. The molecule has 5 aliphatic rings. The fraction of sp³-hybridized carbons (Fsp3) is 0.581. The van der Waals surface area contributed by atoms with E-state index < -0.39 is 5.60 Å². The molecule has 0 saturated carbocycles. The third kappa shape index (κ3) is 35.2. The fourth-order valence-electron chi connectivity index (χ4n) is 15.5. The summed E-state index contributed by atoms with van der Waals surface area (Å²) >= 11 is 0. The number of methoxy groups -OCH3 is 1. The molecule has 114 heavy (non-hydrogen) atoms. The van der Waals surface area contributed by atoms with Crippen LogP contribution in [0.25, 0.3) is 0 Å². The van der Waals surface area contributed by atoms with Crippen LogP contribution in [0, 0.1) is 83.7 Å². The highest BCUT2D eigenvalue weighted by Gasteiger charge is 2.40. The molecule has 1 N–H and O–H groups in total. The van der Waals surface area contributed by atoms with E-state index in [2.05, 4.69) is 168 Å². The van der Waals surface area contributed by atoms with Gasteiger partial charge in [-0.2, -0.15) is 26.3 Å². The number of ether oxygens (including phenoxy) is 2. The zero-order valence-corrected chi connectivity index (χ0v) is 71.5. The van der Waals surface area contributed by atoms with Crippen molar-refractivity contribution in [2.24, 2.45) is 27.1 Å². The number of alkyl carbamates (subject to hydrolysis) is 1. The highest BCUT2D eigenvalue weighted by atomic mass is 35.5. The first-order valence-electron chi connectivity index (χ1n) is 41.1. The summed E-state index contributed by atoms with van der Waals surface area (Å²) in [5, 5.41) is 51.1. The Morgan fingerprint density at radius 2 is 0.789 bits per heavy atom. The van der Waals surface area contributed by atoms with Gasteiger partial charge in [-0.15, -0.1) is 0 Å². The molecule has 21 heteroatoms. The number of nitrogens with one attached hydrogen (secondary N) is 1. The van der Waals surface area contributed by atoms with E-state index in [1.165, 1.54) is 41.3 Å². The molecule has 618 valence electrons. The molecule has 5 fully saturated rings. The van der Waals surface area contributed by atoms with Gasteiger partial charge in [0.1, 0.15) is 5.60 Å². The highest BCUT2D eigenvalue weighted by molar-refractivity contribution is 5.78. The largest absolute Gasteiger partial charge is 1.00 e. The van der Waals surface area contributed by atoms with Gasteiger partial charge < -0.3 is 61.1 Å². The van der Waals surface area contributed by atoms with E-state index in [1.807, 2.05) is 128 Å². The Balaban J connectivity index is 0.000000255. The van der Waals surface area contributed by atoms with Gasteiger partial charge in [0.2, 0.25) is 11.8 Å². The van der Waals surface area contributed by atoms with Gasteiger partial charge in [-0.05, 0) is 238 Å². The lowest BCUT2D eigenvalue weighted by atomic mass is 9.75. The average Bonchev–Trinajstić information content (AvgIpc) is 0.857. The number of nitrogens with zero attached hydrogens (tertiary/aromatic N) is 13. The standard InChI is InChI=1S/C21H31N3O2.C21H32N3O.C18H27N3.C17H23N3O.C16H20N2O2.ClH/c1-20(2,3)26-19(25)23-12-7-13-24-14-10-21(17-22,11-15-24)16-18-8-5-4-6-9-18;1-24(2,3)17-7-10-20(25)23-15-13-21(18-22,14-16-23)12-11-19-8-5-4-6-9-19;1-20(2)11-6-12-21-13-9-18(16-19,10-14-21)15-17-7-4-3-5-8-17;1-19(2)13-16(21)20-10-8-17(14-18,9-11-20)12-15-6-4-3-5-7-15;1-20-15(19)12-18-9-7-16(13-17,8-10-18)11-14-5-3-2-4-6-14;/h4-6,8-9H,7,10-16H2,1-3H3,(H,23,25);4-6,8-9H,7,10-17H2,1-3H3;3-5,7-8H,6,9-15H2,1-2H3;3-7H,8-13H2,1-2H3;2-6H,7-12H2,1H3;1H/q;+1;;;;/p-1. The van der Waals surface area contributed by atoms with Crippen LogP contribution in [0.15, 0.2) is 152 Å². The average molecular weight is 1580 g/mol. The molecule has 20 nitrogen and oxygen atoms in total. The number of rotatable bonds is 27. The summed E-state index contributed by atoms with van der Waals surface area (Å²) in [5.41, 5.74) is 4.48. The van der Waals surface area contributed by atoms with Crippen molar-refractivity contribution in [3.05, 3.63) is 179 Å². The monoisotopic (exact) mass is 1580 g/mol. The van der Waals surface area contributed by atoms with Gasteiger partial charge in [-0.25, -0.2) is 4.79 Å². The second-order valence-corrected chi connectivity index (χ2v) is 34.7. The number of aryl methyl sites for hydroxylation is 1. The number of piperidine rings is 5. The quantitative estimate of drug-likeness (QED) is 0.0292. The molecular weight excluding hydrogens is 1440 g/mol. The normalized spacial score (nSPS) is 17.5. The molecule has 0 radical (unpaired) electrons. The zero-order chi connectivity index (χ0) is 82.2. The van der Waals surface area contributed by atoms with Crippen LogP contribution in [0.1, 0.15) is 145 Å². The predicted molar refractivity (Wildman–Crippen MR) is 449 cm³/mol. The number of esters is 1. The number of likely N-dealkylation sites (tertiary alicyclic amines) is 5. The number of benzene rings is 5. The van der Waals surface area contributed by atoms with Crippen molar-refractivity contribution < 1.29 is 45.5 Å². The van der Waals surface area contributed by atoms with Crippen molar-refractivity contribution in [1.82, 2.24) is 39.6 Å². The predicted octanol–water partition coefficient (Wildman–Crippen LogP) is 10.7. The Kier molecular flexibility index (Phi) is 40.9. The van der Waals surface area contributed by atoms with Crippen LogP contribution < -0.4 is 17.7 Å². The Morgan fingerprint density at radius 1 is 0.456 bits per heavy atom. The summed E-state index contributed by atoms with van der Waals surface area (Å²) < 4.78 is 10.8. The van der Waals surface area contributed by atoms with Crippen LogP contribution >= 0.6 is 0 Å². The topological polar surface area (TPSA) is 240 Å². The van der Waals surface area contributed by atoms with Crippen LogP contribution in [-0.2, 0) is 56.0 Å².